The standard InChI is InChI=1S/C26H32F3N3O3/c1-34-14-5-10-30-25(33)22-17-19-16-20(26(27,28)29)8-9-23(19)32-12-11-31(18-24(22)32)13-15-35-21-6-3-2-4-7-21/h2-4,6-9,16,22,24H,5,10-15,17-18H2,1H3,(H,30,33)/t22-,24-/m0/s1. The molecule has 1 fully saturated rings. The smallest absolute Gasteiger partial charge is 0.416 e. The largest absolute Gasteiger partial charge is 0.492 e. The van der Waals surface area contributed by atoms with E-state index in [2.05, 4.69) is 15.1 Å². The molecule has 1 amide bonds. The monoisotopic (exact) mass is 491 g/mol. The maximum atomic E-state index is 13.4. The Bertz CT molecular complexity index is 987. The molecule has 0 aromatic heterocycles. The fraction of sp³-hybridized carbons (Fsp3) is 0.500. The summed E-state index contributed by atoms with van der Waals surface area (Å²) in [6, 6.07) is 13.4. The molecule has 1 N–H and O–H groups in total. The molecule has 9 heteroatoms. The highest BCUT2D eigenvalue weighted by molar-refractivity contribution is 5.82. The van der Waals surface area contributed by atoms with Crippen molar-refractivity contribution >= 4 is 11.6 Å². The van der Waals surface area contributed by atoms with Gasteiger partial charge in [-0.05, 0) is 48.7 Å². The third kappa shape index (κ3) is 6.27. The second-order valence-electron chi connectivity index (χ2n) is 9.01. The Balaban J connectivity index is 1.48. The van der Waals surface area contributed by atoms with Crippen LogP contribution in [0.2, 0.25) is 0 Å². The van der Waals surface area contributed by atoms with Crippen LogP contribution in [0.15, 0.2) is 48.5 Å². The zero-order valence-corrected chi connectivity index (χ0v) is 19.9. The molecule has 1 saturated heterocycles. The van der Waals surface area contributed by atoms with Crippen molar-refractivity contribution in [3.63, 3.8) is 0 Å². The van der Waals surface area contributed by atoms with Crippen molar-refractivity contribution in [3.8, 4) is 5.75 Å². The zero-order valence-electron chi connectivity index (χ0n) is 19.9. The minimum Gasteiger partial charge on any atom is -0.492 e. The molecule has 0 saturated carbocycles. The van der Waals surface area contributed by atoms with E-state index >= 15 is 0 Å². The summed E-state index contributed by atoms with van der Waals surface area (Å²) in [7, 11) is 1.61. The maximum absolute atomic E-state index is 13.4. The number of piperazine rings is 1. The number of nitrogens with one attached hydrogen (secondary N) is 1. The van der Waals surface area contributed by atoms with Crippen LogP contribution in [0.4, 0.5) is 18.9 Å². The van der Waals surface area contributed by atoms with E-state index in [-0.39, 0.29) is 18.4 Å². The summed E-state index contributed by atoms with van der Waals surface area (Å²) in [5, 5.41) is 2.96. The van der Waals surface area contributed by atoms with Gasteiger partial charge < -0.3 is 19.7 Å². The molecule has 0 unspecified atom stereocenters. The highest BCUT2D eigenvalue weighted by atomic mass is 19.4. The minimum absolute atomic E-state index is 0.118. The highest BCUT2D eigenvalue weighted by Gasteiger charge is 2.42. The van der Waals surface area contributed by atoms with Gasteiger partial charge in [0, 0.05) is 52.1 Å². The Morgan fingerprint density at radius 1 is 1.11 bits per heavy atom. The van der Waals surface area contributed by atoms with Crippen molar-refractivity contribution in [1.82, 2.24) is 10.2 Å². The van der Waals surface area contributed by atoms with Crippen molar-refractivity contribution < 1.29 is 27.4 Å². The van der Waals surface area contributed by atoms with Crippen molar-refractivity contribution in [2.75, 3.05) is 57.9 Å². The molecule has 190 valence electrons. The van der Waals surface area contributed by atoms with Gasteiger partial charge in [-0.3, -0.25) is 9.69 Å². The lowest BCUT2D eigenvalue weighted by atomic mass is 9.82. The van der Waals surface area contributed by atoms with Crippen LogP contribution in [-0.2, 0) is 22.1 Å². The molecular weight excluding hydrogens is 459 g/mol. The predicted molar refractivity (Wildman–Crippen MR) is 128 cm³/mol. The van der Waals surface area contributed by atoms with Crippen LogP contribution >= 0.6 is 0 Å². The summed E-state index contributed by atoms with van der Waals surface area (Å²) in [5.74, 6) is 0.249. The van der Waals surface area contributed by atoms with Gasteiger partial charge in [0.05, 0.1) is 17.5 Å². The van der Waals surface area contributed by atoms with Crippen LogP contribution in [0.3, 0.4) is 0 Å². The number of amides is 1. The number of para-hydroxylation sites is 1. The topological polar surface area (TPSA) is 54.0 Å². The first-order valence-electron chi connectivity index (χ1n) is 12.0. The van der Waals surface area contributed by atoms with Gasteiger partial charge in [0.25, 0.3) is 0 Å². The van der Waals surface area contributed by atoms with Gasteiger partial charge >= 0.3 is 6.18 Å². The number of benzene rings is 2. The molecule has 2 atom stereocenters. The van der Waals surface area contributed by atoms with E-state index in [1.165, 1.54) is 6.07 Å². The fourth-order valence-corrected chi connectivity index (χ4v) is 4.93. The molecule has 6 nitrogen and oxygen atoms in total. The summed E-state index contributed by atoms with van der Waals surface area (Å²) < 4.78 is 51.0. The van der Waals surface area contributed by atoms with E-state index < -0.39 is 17.7 Å². The van der Waals surface area contributed by atoms with Crippen LogP contribution in [0.1, 0.15) is 17.5 Å². The average molecular weight is 492 g/mol. The number of nitrogens with zero attached hydrogens (tertiary/aromatic N) is 2. The van der Waals surface area contributed by atoms with Gasteiger partial charge in [0.15, 0.2) is 0 Å². The van der Waals surface area contributed by atoms with Crippen molar-refractivity contribution in [2.24, 2.45) is 5.92 Å². The van der Waals surface area contributed by atoms with Crippen LogP contribution in [-0.4, -0.2) is 69.9 Å². The SMILES string of the molecule is COCCCNC(=O)[C@H]1Cc2cc(C(F)(F)F)ccc2N2CCN(CCOc3ccccc3)C[C@@H]12. The molecule has 2 aromatic rings. The molecule has 35 heavy (non-hydrogen) atoms. The number of rotatable bonds is 9. The summed E-state index contributed by atoms with van der Waals surface area (Å²) in [6.45, 7) is 4.28. The molecule has 0 bridgehead atoms. The van der Waals surface area contributed by atoms with E-state index in [0.29, 0.717) is 51.4 Å². The van der Waals surface area contributed by atoms with Gasteiger partial charge in [0.2, 0.25) is 5.91 Å². The number of hydrogen-bond donors (Lipinski definition) is 1. The Kier molecular flexibility index (Phi) is 8.18. The number of fused-ring (bicyclic) bond motifs is 3. The zero-order chi connectivity index (χ0) is 24.8. The normalized spacial score (nSPS) is 20.2. The number of methoxy groups -OCH3 is 1. The van der Waals surface area contributed by atoms with E-state index in [9.17, 15) is 18.0 Å². The molecule has 2 heterocycles. The molecule has 2 aliphatic heterocycles. The van der Waals surface area contributed by atoms with Crippen molar-refractivity contribution in [3.05, 3.63) is 59.7 Å². The Morgan fingerprint density at radius 2 is 1.91 bits per heavy atom. The van der Waals surface area contributed by atoms with Crippen molar-refractivity contribution in [1.29, 1.82) is 0 Å². The third-order valence-corrected chi connectivity index (χ3v) is 6.70. The Morgan fingerprint density at radius 3 is 2.66 bits per heavy atom. The van der Waals surface area contributed by atoms with Crippen LogP contribution < -0.4 is 15.0 Å². The summed E-state index contributed by atoms with van der Waals surface area (Å²) >= 11 is 0. The van der Waals surface area contributed by atoms with Crippen LogP contribution in [0.25, 0.3) is 0 Å². The second kappa shape index (κ2) is 11.3. The lowest BCUT2D eigenvalue weighted by Crippen LogP contribution is -2.61. The Hall–Kier alpha value is -2.78. The second-order valence-corrected chi connectivity index (χ2v) is 9.01. The first-order valence-corrected chi connectivity index (χ1v) is 12.0. The molecule has 2 aliphatic rings. The Labute approximate surface area is 204 Å². The minimum atomic E-state index is -4.42. The molecule has 0 aliphatic carbocycles. The van der Waals surface area contributed by atoms with Gasteiger partial charge in [-0.1, -0.05) is 18.2 Å². The van der Waals surface area contributed by atoms with Gasteiger partial charge in [0.1, 0.15) is 12.4 Å². The van der Waals surface area contributed by atoms with E-state index in [4.69, 9.17) is 9.47 Å². The van der Waals surface area contributed by atoms with Gasteiger partial charge in [-0.15, -0.1) is 0 Å². The number of carbonyl (C=O) groups is 1. The van der Waals surface area contributed by atoms with Crippen LogP contribution in [0.5, 0.6) is 5.75 Å². The van der Waals surface area contributed by atoms with E-state index in [1.54, 1.807) is 13.2 Å². The highest BCUT2D eigenvalue weighted by Crippen LogP contribution is 2.39. The van der Waals surface area contributed by atoms with E-state index in [0.717, 1.165) is 24.0 Å². The number of alkyl halides is 3. The number of halogens is 3. The molecule has 2 aromatic carbocycles. The lowest BCUT2D eigenvalue weighted by molar-refractivity contribution is -0.137. The average Bonchev–Trinajstić information content (AvgIpc) is 2.85. The van der Waals surface area contributed by atoms with Gasteiger partial charge in [-0.2, -0.15) is 13.2 Å². The fourth-order valence-electron chi connectivity index (χ4n) is 4.93. The van der Waals surface area contributed by atoms with Crippen molar-refractivity contribution in [2.45, 2.75) is 25.1 Å². The number of hydrogen-bond acceptors (Lipinski definition) is 5. The molecular formula is C26H32F3N3O3. The molecule has 0 spiro atoms. The molecule has 4 rings (SSSR count). The first-order chi connectivity index (χ1) is 16.9. The van der Waals surface area contributed by atoms with E-state index in [1.807, 2.05) is 30.3 Å². The summed E-state index contributed by atoms with van der Waals surface area (Å²) in [4.78, 5) is 17.6. The quantitative estimate of drug-likeness (QED) is 0.544. The first kappa shape index (κ1) is 25.3. The van der Waals surface area contributed by atoms with Gasteiger partial charge in [-0.25, -0.2) is 0 Å². The molecule has 0 radical (unpaired) electrons. The number of anilines is 1. The summed E-state index contributed by atoms with van der Waals surface area (Å²) in [6.07, 6.45) is -3.45. The number of carbonyl (C=O) groups excluding carboxylic acids is 1. The summed E-state index contributed by atoms with van der Waals surface area (Å²) in [5.41, 5.74) is 0.700. The predicted octanol–water partition coefficient (Wildman–Crippen LogP) is 3.60. The third-order valence-electron chi connectivity index (χ3n) is 6.70. The lowest BCUT2D eigenvalue weighted by Gasteiger charge is -2.49. The van der Waals surface area contributed by atoms with Crippen LogP contribution in [0, 0.1) is 5.92 Å². The maximum Gasteiger partial charge on any atom is 0.416 e. The number of ether oxygens (including phenoxy) is 2.